The van der Waals surface area contributed by atoms with Gasteiger partial charge in [-0.3, -0.25) is 0 Å². The molecule has 0 unspecified atom stereocenters. The second kappa shape index (κ2) is 3.91. The predicted molar refractivity (Wildman–Crippen MR) is 36.9 cm³/mol. The molecule has 1 aliphatic heterocycles. The Balaban J connectivity index is 2.27. The predicted octanol–water partition coefficient (Wildman–Crippen LogP) is 0.173. The van der Waals surface area contributed by atoms with Crippen molar-refractivity contribution in [1.29, 1.82) is 0 Å². The van der Waals surface area contributed by atoms with Crippen LogP contribution in [0.15, 0.2) is 0 Å². The SMILES string of the molecule is CCO[C@@H]1CCO[C@@H]1CO. The third kappa shape index (κ3) is 1.68. The number of aliphatic hydroxyl groups excluding tert-OH is 1. The summed E-state index contributed by atoms with van der Waals surface area (Å²) in [5.41, 5.74) is 0. The number of ether oxygens (including phenoxy) is 2. The van der Waals surface area contributed by atoms with Crippen LogP contribution in [-0.4, -0.2) is 37.1 Å². The molecule has 0 saturated carbocycles. The Morgan fingerprint density at radius 1 is 1.70 bits per heavy atom. The lowest BCUT2D eigenvalue weighted by Gasteiger charge is -2.15. The average Bonchev–Trinajstić information content (AvgIpc) is 2.36. The minimum Gasteiger partial charge on any atom is -0.394 e. The maximum absolute atomic E-state index is 8.76. The molecule has 1 aliphatic rings. The van der Waals surface area contributed by atoms with Crippen molar-refractivity contribution < 1.29 is 14.6 Å². The molecule has 0 aromatic rings. The van der Waals surface area contributed by atoms with Crippen LogP contribution in [0.2, 0.25) is 0 Å². The highest BCUT2D eigenvalue weighted by Gasteiger charge is 2.27. The fourth-order valence-electron chi connectivity index (χ4n) is 1.20. The number of rotatable bonds is 3. The molecule has 0 aromatic heterocycles. The van der Waals surface area contributed by atoms with E-state index in [1.54, 1.807) is 0 Å². The Kier molecular flexibility index (Phi) is 3.12. The van der Waals surface area contributed by atoms with Gasteiger partial charge in [0.2, 0.25) is 0 Å². The summed E-state index contributed by atoms with van der Waals surface area (Å²) in [7, 11) is 0. The smallest absolute Gasteiger partial charge is 0.107 e. The van der Waals surface area contributed by atoms with Gasteiger partial charge in [-0.25, -0.2) is 0 Å². The summed E-state index contributed by atoms with van der Waals surface area (Å²) in [6.07, 6.45) is 0.953. The molecule has 1 rings (SSSR count). The summed E-state index contributed by atoms with van der Waals surface area (Å²) in [4.78, 5) is 0. The average molecular weight is 146 g/mol. The second-order valence-electron chi connectivity index (χ2n) is 2.37. The van der Waals surface area contributed by atoms with Crippen molar-refractivity contribution in [3.05, 3.63) is 0 Å². The summed E-state index contributed by atoms with van der Waals surface area (Å²) in [5.74, 6) is 0. The molecular formula is C7H14O3. The van der Waals surface area contributed by atoms with Crippen LogP contribution in [-0.2, 0) is 9.47 Å². The van der Waals surface area contributed by atoms with E-state index in [0.717, 1.165) is 13.0 Å². The highest BCUT2D eigenvalue weighted by molar-refractivity contribution is 4.75. The van der Waals surface area contributed by atoms with Crippen LogP contribution >= 0.6 is 0 Å². The number of hydrogen-bond donors (Lipinski definition) is 1. The summed E-state index contributed by atoms with van der Waals surface area (Å²) in [6, 6.07) is 0. The Morgan fingerprint density at radius 3 is 3.10 bits per heavy atom. The molecule has 0 aliphatic carbocycles. The lowest BCUT2D eigenvalue weighted by Crippen LogP contribution is -2.27. The van der Waals surface area contributed by atoms with E-state index in [1.165, 1.54) is 0 Å². The van der Waals surface area contributed by atoms with Gasteiger partial charge in [-0.05, 0) is 13.3 Å². The Morgan fingerprint density at radius 2 is 2.50 bits per heavy atom. The van der Waals surface area contributed by atoms with Crippen molar-refractivity contribution >= 4 is 0 Å². The standard InChI is InChI=1S/C7H14O3/c1-2-9-6-3-4-10-7(6)5-8/h6-8H,2-5H2,1H3/t6-,7-/m1/s1. The molecule has 3 nitrogen and oxygen atoms in total. The molecule has 1 N–H and O–H groups in total. The van der Waals surface area contributed by atoms with Gasteiger partial charge in [0.1, 0.15) is 6.10 Å². The van der Waals surface area contributed by atoms with E-state index >= 15 is 0 Å². The number of hydrogen-bond acceptors (Lipinski definition) is 3. The van der Waals surface area contributed by atoms with Crippen LogP contribution in [0.5, 0.6) is 0 Å². The maximum atomic E-state index is 8.76. The van der Waals surface area contributed by atoms with Crippen molar-refractivity contribution in [2.75, 3.05) is 19.8 Å². The molecule has 1 fully saturated rings. The zero-order valence-electron chi connectivity index (χ0n) is 6.25. The van der Waals surface area contributed by atoms with Crippen molar-refractivity contribution in [2.24, 2.45) is 0 Å². The lowest BCUT2D eigenvalue weighted by atomic mass is 10.2. The summed E-state index contributed by atoms with van der Waals surface area (Å²) in [6.45, 7) is 3.44. The van der Waals surface area contributed by atoms with Gasteiger partial charge in [0.15, 0.2) is 0 Å². The van der Waals surface area contributed by atoms with Crippen LogP contribution in [0.25, 0.3) is 0 Å². The molecule has 0 amide bonds. The van der Waals surface area contributed by atoms with Crippen molar-refractivity contribution in [3.63, 3.8) is 0 Å². The zero-order chi connectivity index (χ0) is 7.40. The first-order valence-electron chi connectivity index (χ1n) is 3.72. The molecular weight excluding hydrogens is 132 g/mol. The zero-order valence-corrected chi connectivity index (χ0v) is 6.25. The summed E-state index contributed by atoms with van der Waals surface area (Å²) >= 11 is 0. The van der Waals surface area contributed by atoms with E-state index in [2.05, 4.69) is 0 Å². The molecule has 3 heteroatoms. The van der Waals surface area contributed by atoms with Gasteiger partial charge in [-0.15, -0.1) is 0 Å². The fourth-order valence-corrected chi connectivity index (χ4v) is 1.20. The van der Waals surface area contributed by atoms with Gasteiger partial charge in [-0.1, -0.05) is 0 Å². The van der Waals surface area contributed by atoms with Crippen LogP contribution in [0.4, 0.5) is 0 Å². The minimum absolute atomic E-state index is 0.0741. The molecule has 60 valence electrons. The first-order valence-corrected chi connectivity index (χ1v) is 3.72. The largest absolute Gasteiger partial charge is 0.394 e. The summed E-state index contributed by atoms with van der Waals surface area (Å²) in [5, 5.41) is 8.76. The third-order valence-electron chi connectivity index (χ3n) is 1.71. The Labute approximate surface area is 60.9 Å². The maximum Gasteiger partial charge on any atom is 0.107 e. The van der Waals surface area contributed by atoms with E-state index in [0.29, 0.717) is 6.61 Å². The Hall–Kier alpha value is -0.120. The highest BCUT2D eigenvalue weighted by Crippen LogP contribution is 2.15. The fraction of sp³-hybridized carbons (Fsp3) is 1.00. The highest BCUT2D eigenvalue weighted by atomic mass is 16.6. The van der Waals surface area contributed by atoms with Crippen LogP contribution in [0.3, 0.4) is 0 Å². The van der Waals surface area contributed by atoms with E-state index in [-0.39, 0.29) is 18.8 Å². The second-order valence-corrected chi connectivity index (χ2v) is 2.37. The van der Waals surface area contributed by atoms with E-state index in [9.17, 15) is 0 Å². The molecule has 1 saturated heterocycles. The lowest BCUT2D eigenvalue weighted by molar-refractivity contribution is -0.0292. The van der Waals surface area contributed by atoms with Gasteiger partial charge in [-0.2, -0.15) is 0 Å². The Bertz CT molecular complexity index is 94.9. The monoisotopic (exact) mass is 146 g/mol. The molecule has 1 heterocycles. The molecule has 0 bridgehead atoms. The van der Waals surface area contributed by atoms with Crippen LogP contribution in [0, 0.1) is 0 Å². The van der Waals surface area contributed by atoms with Gasteiger partial charge in [0.05, 0.1) is 12.7 Å². The first-order chi connectivity index (χ1) is 4.88. The molecule has 10 heavy (non-hydrogen) atoms. The minimum atomic E-state index is -0.0834. The molecule has 0 spiro atoms. The van der Waals surface area contributed by atoms with Crippen molar-refractivity contribution in [3.8, 4) is 0 Å². The number of aliphatic hydroxyl groups is 1. The molecule has 0 aromatic carbocycles. The molecule has 0 radical (unpaired) electrons. The first kappa shape index (κ1) is 7.98. The van der Waals surface area contributed by atoms with Gasteiger partial charge in [0, 0.05) is 13.2 Å². The van der Waals surface area contributed by atoms with Crippen LogP contribution < -0.4 is 0 Å². The normalized spacial score (nSPS) is 33.0. The van der Waals surface area contributed by atoms with Crippen molar-refractivity contribution in [1.82, 2.24) is 0 Å². The summed E-state index contributed by atoms with van der Waals surface area (Å²) < 4.78 is 10.5. The quantitative estimate of drug-likeness (QED) is 0.617. The molecule has 2 atom stereocenters. The van der Waals surface area contributed by atoms with Gasteiger partial charge in [0.25, 0.3) is 0 Å². The van der Waals surface area contributed by atoms with E-state index in [4.69, 9.17) is 14.6 Å². The van der Waals surface area contributed by atoms with Crippen molar-refractivity contribution in [2.45, 2.75) is 25.6 Å². The van der Waals surface area contributed by atoms with Gasteiger partial charge >= 0.3 is 0 Å². The van der Waals surface area contributed by atoms with Crippen LogP contribution in [0.1, 0.15) is 13.3 Å². The third-order valence-corrected chi connectivity index (χ3v) is 1.71. The van der Waals surface area contributed by atoms with E-state index in [1.807, 2.05) is 6.92 Å². The van der Waals surface area contributed by atoms with E-state index < -0.39 is 0 Å². The van der Waals surface area contributed by atoms with Gasteiger partial charge < -0.3 is 14.6 Å². The topological polar surface area (TPSA) is 38.7 Å².